The summed E-state index contributed by atoms with van der Waals surface area (Å²) in [5, 5.41) is 26.6. The molecule has 1 aliphatic rings. The van der Waals surface area contributed by atoms with E-state index >= 15 is 0 Å². The SMILES string of the molecule is O=C(N/N=C/c1cc(Br)c(O)c(Br)c1O)/C(=C\c1ccc2c(c1)OCC2)NC(=O)c1ccccc1. The molecule has 0 radical (unpaired) electrons. The topological polar surface area (TPSA) is 120 Å². The Labute approximate surface area is 217 Å². The average molecular weight is 601 g/mol. The molecular weight excluding hydrogens is 582 g/mol. The highest BCUT2D eigenvalue weighted by molar-refractivity contribution is 9.11. The van der Waals surface area contributed by atoms with Crippen molar-refractivity contribution in [3.63, 3.8) is 0 Å². The van der Waals surface area contributed by atoms with Crippen LogP contribution in [0.2, 0.25) is 0 Å². The monoisotopic (exact) mass is 599 g/mol. The van der Waals surface area contributed by atoms with Gasteiger partial charge in [0.25, 0.3) is 11.8 Å². The zero-order valence-electron chi connectivity index (χ0n) is 18.1. The number of phenolic OH excluding ortho intramolecular Hbond substituents is 2. The lowest BCUT2D eigenvalue weighted by atomic mass is 10.1. The van der Waals surface area contributed by atoms with Gasteiger partial charge in [0.05, 0.1) is 17.3 Å². The maximum absolute atomic E-state index is 13.0. The molecule has 10 heteroatoms. The molecule has 0 unspecified atom stereocenters. The number of nitrogens with zero attached hydrogens (tertiary/aromatic N) is 1. The summed E-state index contributed by atoms with van der Waals surface area (Å²) < 4.78 is 6.00. The lowest BCUT2D eigenvalue weighted by Crippen LogP contribution is -2.32. The van der Waals surface area contributed by atoms with Gasteiger partial charge < -0.3 is 20.3 Å². The summed E-state index contributed by atoms with van der Waals surface area (Å²) in [7, 11) is 0. The Morgan fingerprint density at radius 1 is 1.03 bits per heavy atom. The number of nitrogens with one attached hydrogen (secondary N) is 2. The van der Waals surface area contributed by atoms with Crippen LogP contribution in [0.15, 0.2) is 74.3 Å². The summed E-state index contributed by atoms with van der Waals surface area (Å²) in [5.74, 6) is -0.823. The lowest BCUT2D eigenvalue weighted by molar-refractivity contribution is -0.117. The average Bonchev–Trinajstić information content (AvgIpc) is 3.33. The van der Waals surface area contributed by atoms with E-state index in [2.05, 4.69) is 47.7 Å². The Balaban J connectivity index is 1.58. The number of amides is 2. The Morgan fingerprint density at radius 2 is 1.80 bits per heavy atom. The van der Waals surface area contributed by atoms with Gasteiger partial charge in [-0.25, -0.2) is 5.43 Å². The first-order valence-electron chi connectivity index (χ1n) is 10.4. The second-order valence-corrected chi connectivity index (χ2v) is 9.15. The fourth-order valence-electron chi connectivity index (χ4n) is 3.32. The minimum absolute atomic E-state index is 0.0359. The molecule has 0 fully saturated rings. The van der Waals surface area contributed by atoms with Gasteiger partial charge in [-0.3, -0.25) is 9.59 Å². The molecule has 0 bridgehead atoms. The quantitative estimate of drug-likeness (QED) is 0.189. The van der Waals surface area contributed by atoms with Gasteiger partial charge in [-0.2, -0.15) is 5.10 Å². The molecule has 4 N–H and O–H groups in total. The molecule has 8 nitrogen and oxygen atoms in total. The van der Waals surface area contributed by atoms with Crippen molar-refractivity contribution in [2.24, 2.45) is 5.10 Å². The minimum atomic E-state index is -0.677. The highest BCUT2D eigenvalue weighted by Gasteiger charge is 2.17. The summed E-state index contributed by atoms with van der Waals surface area (Å²) >= 11 is 6.26. The number of hydrogen-bond acceptors (Lipinski definition) is 6. The summed E-state index contributed by atoms with van der Waals surface area (Å²) in [6.07, 6.45) is 3.56. The van der Waals surface area contributed by atoms with Crippen LogP contribution in [-0.4, -0.2) is 34.8 Å². The predicted molar refractivity (Wildman–Crippen MR) is 138 cm³/mol. The zero-order valence-corrected chi connectivity index (χ0v) is 21.3. The van der Waals surface area contributed by atoms with Crippen LogP contribution in [-0.2, 0) is 11.2 Å². The zero-order chi connectivity index (χ0) is 24.9. The molecule has 0 aliphatic carbocycles. The Morgan fingerprint density at radius 3 is 2.57 bits per heavy atom. The van der Waals surface area contributed by atoms with Crippen molar-refractivity contribution in [2.75, 3.05) is 6.61 Å². The third-order valence-corrected chi connectivity index (χ3v) is 6.48. The van der Waals surface area contributed by atoms with E-state index in [0.29, 0.717) is 22.2 Å². The minimum Gasteiger partial charge on any atom is -0.506 e. The van der Waals surface area contributed by atoms with E-state index in [1.54, 1.807) is 36.4 Å². The summed E-state index contributed by atoms with van der Waals surface area (Å²) in [6.45, 7) is 0.603. The highest BCUT2D eigenvalue weighted by atomic mass is 79.9. The molecule has 0 saturated carbocycles. The summed E-state index contributed by atoms with van der Waals surface area (Å²) in [6, 6.07) is 15.5. The van der Waals surface area contributed by atoms with E-state index in [-0.39, 0.29) is 27.2 Å². The largest absolute Gasteiger partial charge is 0.506 e. The number of fused-ring (bicyclic) bond motifs is 1. The number of hydrazone groups is 1. The van der Waals surface area contributed by atoms with Crippen molar-refractivity contribution < 1.29 is 24.5 Å². The second-order valence-electron chi connectivity index (χ2n) is 7.50. The molecular formula is C25H19Br2N3O5. The standard InChI is InChI=1S/C25H19Br2N3O5/c26-18-12-17(22(31)21(27)23(18)32)13-28-30-25(34)19(29-24(33)16-4-2-1-3-5-16)10-14-6-7-15-8-9-35-20(15)11-14/h1-7,10-13,31-32H,8-9H2,(H,29,33)(H,30,34)/b19-10+,28-13+. The van der Waals surface area contributed by atoms with Crippen molar-refractivity contribution in [1.29, 1.82) is 0 Å². The van der Waals surface area contributed by atoms with Gasteiger partial charge in [0.1, 0.15) is 27.4 Å². The van der Waals surface area contributed by atoms with E-state index in [9.17, 15) is 19.8 Å². The Hall–Kier alpha value is -3.63. The van der Waals surface area contributed by atoms with Gasteiger partial charge in [0.15, 0.2) is 0 Å². The molecule has 1 aliphatic heterocycles. The molecule has 0 aromatic heterocycles. The smallest absolute Gasteiger partial charge is 0.287 e. The maximum atomic E-state index is 13.0. The highest BCUT2D eigenvalue weighted by Crippen LogP contribution is 2.40. The van der Waals surface area contributed by atoms with Crippen LogP contribution in [0.1, 0.15) is 27.0 Å². The van der Waals surface area contributed by atoms with E-state index in [0.717, 1.165) is 17.7 Å². The van der Waals surface area contributed by atoms with Crippen LogP contribution in [0.3, 0.4) is 0 Å². The van der Waals surface area contributed by atoms with Crippen molar-refractivity contribution >= 4 is 56.0 Å². The molecule has 178 valence electrons. The number of rotatable bonds is 6. The van der Waals surface area contributed by atoms with Crippen LogP contribution in [0, 0.1) is 0 Å². The molecule has 2 amide bonds. The third kappa shape index (κ3) is 5.72. The molecule has 4 rings (SSSR count). The van der Waals surface area contributed by atoms with Crippen molar-refractivity contribution in [2.45, 2.75) is 6.42 Å². The van der Waals surface area contributed by atoms with Gasteiger partial charge >= 0.3 is 0 Å². The molecule has 0 atom stereocenters. The number of aromatic hydroxyl groups is 2. The van der Waals surface area contributed by atoms with Crippen LogP contribution >= 0.6 is 31.9 Å². The third-order valence-electron chi connectivity index (χ3n) is 5.13. The molecule has 1 heterocycles. The van der Waals surface area contributed by atoms with Gasteiger partial charge in [-0.15, -0.1) is 0 Å². The summed E-state index contributed by atoms with van der Waals surface area (Å²) in [4.78, 5) is 25.7. The normalized spacial score (nSPS) is 12.8. The second kappa shape index (κ2) is 10.7. The van der Waals surface area contributed by atoms with Crippen molar-refractivity contribution in [3.05, 3.63) is 91.5 Å². The Kier molecular flexibility index (Phi) is 7.52. The van der Waals surface area contributed by atoms with Crippen molar-refractivity contribution in [3.8, 4) is 17.2 Å². The number of halogens is 2. The number of carbonyl (C=O) groups excluding carboxylic acids is 2. The van der Waals surface area contributed by atoms with E-state index < -0.39 is 11.8 Å². The molecule has 0 spiro atoms. The predicted octanol–water partition coefficient (Wildman–Crippen LogP) is 4.48. The van der Waals surface area contributed by atoms with Crippen LogP contribution in [0.5, 0.6) is 17.2 Å². The molecule has 3 aromatic carbocycles. The van der Waals surface area contributed by atoms with Gasteiger partial charge in [-0.1, -0.05) is 30.3 Å². The fraction of sp³-hybridized carbons (Fsp3) is 0.0800. The number of hydrogen-bond donors (Lipinski definition) is 4. The van der Waals surface area contributed by atoms with Crippen LogP contribution in [0.25, 0.3) is 6.08 Å². The first-order chi connectivity index (χ1) is 16.8. The first-order valence-corrected chi connectivity index (χ1v) is 12.0. The molecule has 3 aromatic rings. The molecule has 35 heavy (non-hydrogen) atoms. The maximum Gasteiger partial charge on any atom is 0.287 e. The van der Waals surface area contributed by atoms with E-state index in [4.69, 9.17) is 4.74 Å². The van der Waals surface area contributed by atoms with E-state index in [1.165, 1.54) is 18.4 Å². The number of carbonyl (C=O) groups is 2. The van der Waals surface area contributed by atoms with Gasteiger partial charge in [0, 0.05) is 17.5 Å². The number of phenols is 2. The fourth-order valence-corrected chi connectivity index (χ4v) is 4.47. The summed E-state index contributed by atoms with van der Waals surface area (Å²) in [5.41, 5.74) is 4.68. The Bertz CT molecular complexity index is 1360. The van der Waals surface area contributed by atoms with E-state index in [1.807, 2.05) is 12.1 Å². The van der Waals surface area contributed by atoms with Crippen LogP contribution in [0.4, 0.5) is 0 Å². The van der Waals surface area contributed by atoms with Gasteiger partial charge in [-0.05, 0) is 73.3 Å². The number of ether oxygens (including phenoxy) is 1. The van der Waals surface area contributed by atoms with Gasteiger partial charge in [0.2, 0.25) is 0 Å². The number of benzene rings is 3. The molecule has 0 saturated heterocycles. The lowest BCUT2D eigenvalue weighted by Gasteiger charge is -2.10. The first kappa shape index (κ1) is 24.5. The van der Waals surface area contributed by atoms with Crippen LogP contribution < -0.4 is 15.5 Å². The van der Waals surface area contributed by atoms with Crippen molar-refractivity contribution in [1.82, 2.24) is 10.7 Å².